The van der Waals surface area contributed by atoms with Gasteiger partial charge in [0.25, 0.3) is 0 Å². The van der Waals surface area contributed by atoms with Crippen LogP contribution in [0.4, 0.5) is 0 Å². The summed E-state index contributed by atoms with van der Waals surface area (Å²) in [4.78, 5) is 2.57. The standard InChI is InChI=1S/C10H8ClN3O/c11-10-4-3-8(7-15)6-9(10)2-1-5-13-14-12/h3-4,6,15H,5,7H2. The minimum Gasteiger partial charge on any atom is -0.392 e. The van der Waals surface area contributed by atoms with E-state index in [1.165, 1.54) is 0 Å². The van der Waals surface area contributed by atoms with E-state index in [1.54, 1.807) is 18.2 Å². The Morgan fingerprint density at radius 2 is 2.33 bits per heavy atom. The van der Waals surface area contributed by atoms with E-state index in [0.29, 0.717) is 10.6 Å². The molecule has 0 aliphatic heterocycles. The molecule has 0 saturated carbocycles. The monoisotopic (exact) mass is 221 g/mol. The molecule has 0 amide bonds. The summed E-state index contributed by atoms with van der Waals surface area (Å²) in [5, 5.41) is 12.7. The lowest BCUT2D eigenvalue weighted by molar-refractivity contribution is 0.282. The van der Waals surface area contributed by atoms with Gasteiger partial charge in [0.1, 0.15) is 0 Å². The van der Waals surface area contributed by atoms with E-state index < -0.39 is 0 Å². The van der Waals surface area contributed by atoms with E-state index in [1.807, 2.05) is 0 Å². The van der Waals surface area contributed by atoms with Crippen molar-refractivity contribution in [3.05, 3.63) is 44.8 Å². The van der Waals surface area contributed by atoms with Gasteiger partial charge in [-0.15, -0.1) is 0 Å². The third kappa shape index (κ3) is 3.53. The normalized spacial score (nSPS) is 8.67. The quantitative estimate of drug-likeness (QED) is 0.355. The maximum Gasteiger partial charge on any atom is 0.0880 e. The Morgan fingerprint density at radius 1 is 1.53 bits per heavy atom. The van der Waals surface area contributed by atoms with Gasteiger partial charge in [0, 0.05) is 10.5 Å². The molecule has 0 saturated heterocycles. The molecule has 15 heavy (non-hydrogen) atoms. The first-order valence-electron chi connectivity index (χ1n) is 4.17. The Hall–Kier alpha value is -1.66. The Labute approximate surface area is 92.1 Å². The van der Waals surface area contributed by atoms with Crippen LogP contribution in [0.15, 0.2) is 23.3 Å². The second-order valence-electron chi connectivity index (χ2n) is 2.66. The van der Waals surface area contributed by atoms with Crippen LogP contribution in [0.2, 0.25) is 5.02 Å². The minimum absolute atomic E-state index is 0.0534. The predicted molar refractivity (Wildman–Crippen MR) is 58.3 cm³/mol. The van der Waals surface area contributed by atoms with Crippen LogP contribution >= 0.6 is 11.6 Å². The molecule has 1 N–H and O–H groups in total. The SMILES string of the molecule is [N-]=[N+]=NCC#Cc1cc(CO)ccc1Cl. The van der Waals surface area contributed by atoms with E-state index in [0.717, 1.165) is 5.56 Å². The van der Waals surface area contributed by atoms with E-state index in [4.69, 9.17) is 22.2 Å². The summed E-state index contributed by atoms with van der Waals surface area (Å²) in [6.45, 7) is 0.0539. The lowest BCUT2D eigenvalue weighted by atomic mass is 10.1. The van der Waals surface area contributed by atoms with Crippen LogP contribution in [0, 0.1) is 11.8 Å². The van der Waals surface area contributed by atoms with Crippen molar-refractivity contribution < 1.29 is 5.11 Å². The number of aliphatic hydroxyl groups is 1. The Balaban J connectivity index is 2.90. The first kappa shape index (κ1) is 11.4. The molecule has 4 nitrogen and oxygen atoms in total. The van der Waals surface area contributed by atoms with E-state index in [9.17, 15) is 0 Å². The van der Waals surface area contributed by atoms with Crippen molar-refractivity contribution >= 4 is 11.6 Å². The molecule has 0 radical (unpaired) electrons. The van der Waals surface area contributed by atoms with E-state index in [-0.39, 0.29) is 13.2 Å². The summed E-state index contributed by atoms with van der Waals surface area (Å²) in [5.41, 5.74) is 9.40. The zero-order valence-corrected chi connectivity index (χ0v) is 8.57. The van der Waals surface area contributed by atoms with Crippen molar-refractivity contribution in [2.24, 2.45) is 5.11 Å². The molecule has 76 valence electrons. The van der Waals surface area contributed by atoms with Crippen molar-refractivity contribution in [3.8, 4) is 11.8 Å². The molecule has 0 heterocycles. The molecule has 0 spiro atoms. The zero-order chi connectivity index (χ0) is 11.1. The molecule has 1 aromatic rings. The summed E-state index contributed by atoms with van der Waals surface area (Å²) in [7, 11) is 0. The van der Waals surface area contributed by atoms with Gasteiger partial charge < -0.3 is 5.11 Å². The molecule has 0 bridgehead atoms. The number of benzene rings is 1. The summed E-state index contributed by atoms with van der Waals surface area (Å²) in [5.74, 6) is 5.42. The van der Waals surface area contributed by atoms with Gasteiger partial charge in [0.05, 0.1) is 18.2 Å². The van der Waals surface area contributed by atoms with Crippen molar-refractivity contribution in [1.82, 2.24) is 0 Å². The third-order valence-electron chi connectivity index (χ3n) is 1.65. The Morgan fingerprint density at radius 3 is 3.00 bits per heavy atom. The van der Waals surface area contributed by atoms with Crippen LogP contribution in [0.1, 0.15) is 11.1 Å². The van der Waals surface area contributed by atoms with Crippen LogP contribution in [0.5, 0.6) is 0 Å². The zero-order valence-electron chi connectivity index (χ0n) is 7.81. The van der Waals surface area contributed by atoms with Gasteiger partial charge in [-0.3, -0.25) is 0 Å². The van der Waals surface area contributed by atoms with Gasteiger partial charge in [-0.25, -0.2) is 0 Å². The average molecular weight is 222 g/mol. The average Bonchev–Trinajstić information content (AvgIpc) is 2.26. The molecule has 5 heteroatoms. The van der Waals surface area contributed by atoms with Gasteiger partial charge >= 0.3 is 0 Å². The minimum atomic E-state index is -0.0534. The third-order valence-corrected chi connectivity index (χ3v) is 1.98. The lowest BCUT2D eigenvalue weighted by Crippen LogP contribution is -1.85. The van der Waals surface area contributed by atoms with E-state index >= 15 is 0 Å². The number of azide groups is 1. The summed E-state index contributed by atoms with van der Waals surface area (Å²) < 4.78 is 0. The largest absolute Gasteiger partial charge is 0.392 e. The molecular weight excluding hydrogens is 214 g/mol. The Kier molecular flexibility index (Phi) is 4.52. The number of hydrogen-bond donors (Lipinski definition) is 1. The lowest BCUT2D eigenvalue weighted by Gasteiger charge is -1.98. The van der Waals surface area contributed by atoms with Crippen molar-refractivity contribution in [2.45, 2.75) is 6.61 Å². The van der Waals surface area contributed by atoms with Crippen LogP contribution < -0.4 is 0 Å². The summed E-state index contributed by atoms with van der Waals surface area (Å²) >= 11 is 5.88. The van der Waals surface area contributed by atoms with Gasteiger partial charge in [-0.2, -0.15) is 0 Å². The molecule has 0 atom stereocenters. The molecular formula is C10H8ClN3O. The fraction of sp³-hybridized carbons (Fsp3) is 0.200. The molecule has 0 aliphatic carbocycles. The fourth-order valence-electron chi connectivity index (χ4n) is 0.968. The van der Waals surface area contributed by atoms with Crippen molar-refractivity contribution in [2.75, 3.05) is 6.54 Å². The van der Waals surface area contributed by atoms with Crippen molar-refractivity contribution in [3.63, 3.8) is 0 Å². The molecule has 0 aromatic heterocycles. The Bertz CT molecular complexity index is 455. The molecule has 1 aromatic carbocycles. The van der Waals surface area contributed by atoms with Gasteiger partial charge in [0.2, 0.25) is 0 Å². The summed E-state index contributed by atoms with van der Waals surface area (Å²) in [6.07, 6.45) is 0. The predicted octanol–water partition coefficient (Wildman–Crippen LogP) is 2.49. The van der Waals surface area contributed by atoms with Gasteiger partial charge in [-0.1, -0.05) is 34.6 Å². The highest BCUT2D eigenvalue weighted by Gasteiger charge is 1.97. The summed E-state index contributed by atoms with van der Waals surface area (Å²) in [6, 6.07) is 5.09. The topological polar surface area (TPSA) is 69.0 Å². The molecule has 1 rings (SSSR count). The highest BCUT2D eigenvalue weighted by Crippen LogP contribution is 2.16. The van der Waals surface area contributed by atoms with Crippen LogP contribution in [0.25, 0.3) is 10.4 Å². The highest BCUT2D eigenvalue weighted by atomic mass is 35.5. The molecule has 0 fully saturated rings. The van der Waals surface area contributed by atoms with Gasteiger partial charge in [-0.05, 0) is 23.2 Å². The van der Waals surface area contributed by atoms with Crippen molar-refractivity contribution in [1.29, 1.82) is 0 Å². The first-order valence-corrected chi connectivity index (χ1v) is 4.54. The number of rotatable bonds is 2. The number of hydrogen-bond acceptors (Lipinski definition) is 2. The first-order chi connectivity index (χ1) is 7.27. The number of nitrogens with zero attached hydrogens (tertiary/aromatic N) is 3. The van der Waals surface area contributed by atoms with Gasteiger partial charge in [0.15, 0.2) is 0 Å². The van der Waals surface area contributed by atoms with E-state index in [2.05, 4.69) is 21.9 Å². The van der Waals surface area contributed by atoms with Crippen LogP contribution in [0.3, 0.4) is 0 Å². The molecule has 0 unspecified atom stereocenters. The fourth-order valence-corrected chi connectivity index (χ4v) is 1.13. The highest BCUT2D eigenvalue weighted by molar-refractivity contribution is 6.31. The second kappa shape index (κ2) is 5.94. The number of aliphatic hydroxyl groups excluding tert-OH is 1. The number of halogens is 1. The van der Waals surface area contributed by atoms with Crippen LogP contribution in [-0.4, -0.2) is 11.7 Å². The second-order valence-corrected chi connectivity index (χ2v) is 3.07. The molecule has 0 aliphatic rings. The maximum atomic E-state index is 8.90. The maximum absolute atomic E-state index is 8.90. The smallest absolute Gasteiger partial charge is 0.0880 e. The van der Waals surface area contributed by atoms with Crippen LogP contribution in [-0.2, 0) is 6.61 Å².